The molecule has 6 heteroatoms. The van der Waals surface area contributed by atoms with Crippen molar-refractivity contribution in [2.75, 3.05) is 18.1 Å². The number of sulfone groups is 1. The quantitative estimate of drug-likeness (QED) is 0.633. The Morgan fingerprint density at radius 2 is 1.70 bits per heavy atom. The molecule has 2 aromatic rings. The Balaban J connectivity index is 1.80. The lowest BCUT2D eigenvalue weighted by molar-refractivity contribution is 0.0681. The predicted octanol–water partition coefficient (Wildman–Crippen LogP) is 4.11. The number of carbonyl (C=O) groups is 1. The van der Waals surface area contributed by atoms with Crippen molar-refractivity contribution in [1.82, 2.24) is 4.90 Å². The maximum Gasteiger partial charge on any atom is 0.254 e. The van der Waals surface area contributed by atoms with E-state index in [1.165, 1.54) is 5.56 Å². The van der Waals surface area contributed by atoms with E-state index in [1.807, 2.05) is 12.1 Å². The van der Waals surface area contributed by atoms with Crippen LogP contribution < -0.4 is 4.74 Å². The largest absolute Gasteiger partial charge is 0.493 e. The van der Waals surface area contributed by atoms with Crippen LogP contribution in [0, 0.1) is 5.92 Å². The molecule has 5 nitrogen and oxygen atoms in total. The van der Waals surface area contributed by atoms with E-state index in [-0.39, 0.29) is 23.5 Å². The van der Waals surface area contributed by atoms with Crippen LogP contribution in [0.2, 0.25) is 0 Å². The van der Waals surface area contributed by atoms with E-state index in [4.69, 9.17) is 4.74 Å². The Morgan fingerprint density at radius 3 is 2.23 bits per heavy atom. The van der Waals surface area contributed by atoms with Crippen LogP contribution in [0.5, 0.6) is 5.75 Å². The molecule has 1 aliphatic rings. The fourth-order valence-electron chi connectivity index (χ4n) is 3.59. The van der Waals surface area contributed by atoms with Crippen LogP contribution in [0.3, 0.4) is 0 Å². The van der Waals surface area contributed by atoms with Crippen molar-refractivity contribution in [3.8, 4) is 5.75 Å². The fraction of sp³-hybridized carbons (Fsp3) is 0.458. The Labute approximate surface area is 180 Å². The molecule has 1 atom stereocenters. The molecule has 1 amide bonds. The first-order valence-electron chi connectivity index (χ1n) is 10.6. The summed E-state index contributed by atoms with van der Waals surface area (Å²) in [5.74, 6) is 1.17. The molecule has 0 N–H and O–H groups in total. The molecule has 1 aliphatic heterocycles. The highest BCUT2D eigenvalue weighted by Gasteiger charge is 2.35. The highest BCUT2D eigenvalue weighted by molar-refractivity contribution is 7.91. The minimum absolute atomic E-state index is 0.0291. The van der Waals surface area contributed by atoms with Crippen molar-refractivity contribution in [2.24, 2.45) is 5.92 Å². The number of hydrogen-bond acceptors (Lipinski definition) is 4. The lowest BCUT2D eigenvalue weighted by atomic mass is 10.1. The van der Waals surface area contributed by atoms with Crippen LogP contribution in [0.1, 0.15) is 48.7 Å². The molecule has 0 radical (unpaired) electrons. The average molecular weight is 430 g/mol. The first kappa shape index (κ1) is 22.3. The van der Waals surface area contributed by atoms with Gasteiger partial charge in [0.25, 0.3) is 5.91 Å². The van der Waals surface area contributed by atoms with Crippen molar-refractivity contribution in [2.45, 2.75) is 46.2 Å². The van der Waals surface area contributed by atoms with Crippen LogP contribution in [-0.2, 0) is 22.8 Å². The summed E-state index contributed by atoms with van der Waals surface area (Å²) in [6, 6.07) is 15.0. The molecule has 0 aromatic heterocycles. The molecular formula is C24H31NO4S. The van der Waals surface area contributed by atoms with Gasteiger partial charge in [-0.15, -0.1) is 0 Å². The minimum Gasteiger partial charge on any atom is -0.493 e. The second kappa shape index (κ2) is 9.65. The van der Waals surface area contributed by atoms with Gasteiger partial charge in [0.2, 0.25) is 0 Å². The van der Waals surface area contributed by atoms with Crippen molar-refractivity contribution >= 4 is 15.7 Å². The monoisotopic (exact) mass is 429 g/mol. The maximum atomic E-state index is 13.3. The molecule has 1 heterocycles. The van der Waals surface area contributed by atoms with E-state index in [9.17, 15) is 13.2 Å². The van der Waals surface area contributed by atoms with Gasteiger partial charge in [0.05, 0.1) is 18.1 Å². The third-order valence-corrected chi connectivity index (χ3v) is 7.13. The topological polar surface area (TPSA) is 63.7 Å². The van der Waals surface area contributed by atoms with Gasteiger partial charge in [0.15, 0.2) is 9.84 Å². The van der Waals surface area contributed by atoms with Crippen LogP contribution in [0.4, 0.5) is 0 Å². The van der Waals surface area contributed by atoms with Crippen LogP contribution in [0.25, 0.3) is 0 Å². The first-order valence-corrected chi connectivity index (χ1v) is 12.4. The summed E-state index contributed by atoms with van der Waals surface area (Å²) in [5.41, 5.74) is 2.78. The van der Waals surface area contributed by atoms with Gasteiger partial charge in [0, 0.05) is 18.2 Å². The second-order valence-corrected chi connectivity index (χ2v) is 10.6. The molecule has 1 saturated heterocycles. The molecule has 0 aliphatic carbocycles. The lowest BCUT2D eigenvalue weighted by Crippen LogP contribution is -2.40. The Hall–Kier alpha value is -2.34. The van der Waals surface area contributed by atoms with Crippen LogP contribution in [-0.4, -0.2) is 43.4 Å². The Bertz CT molecular complexity index is 950. The summed E-state index contributed by atoms with van der Waals surface area (Å²) < 4.78 is 29.8. The molecule has 162 valence electrons. The number of hydrogen-bond donors (Lipinski definition) is 0. The smallest absolute Gasteiger partial charge is 0.254 e. The summed E-state index contributed by atoms with van der Waals surface area (Å²) in [4.78, 5) is 15.1. The van der Waals surface area contributed by atoms with E-state index < -0.39 is 9.84 Å². The second-order valence-electron chi connectivity index (χ2n) is 8.39. The van der Waals surface area contributed by atoms with E-state index in [2.05, 4.69) is 32.9 Å². The van der Waals surface area contributed by atoms with E-state index in [0.717, 1.165) is 17.7 Å². The third-order valence-electron chi connectivity index (χ3n) is 5.38. The van der Waals surface area contributed by atoms with Gasteiger partial charge in [-0.1, -0.05) is 45.0 Å². The summed E-state index contributed by atoms with van der Waals surface area (Å²) >= 11 is 0. The minimum atomic E-state index is -3.10. The van der Waals surface area contributed by atoms with E-state index in [0.29, 0.717) is 31.1 Å². The van der Waals surface area contributed by atoms with Gasteiger partial charge >= 0.3 is 0 Å². The van der Waals surface area contributed by atoms with Crippen molar-refractivity contribution < 1.29 is 17.9 Å². The molecule has 1 unspecified atom stereocenters. The van der Waals surface area contributed by atoms with E-state index in [1.54, 1.807) is 29.2 Å². The summed E-state index contributed by atoms with van der Waals surface area (Å²) in [5, 5.41) is 0. The zero-order valence-corrected chi connectivity index (χ0v) is 18.8. The Morgan fingerprint density at radius 1 is 1.07 bits per heavy atom. The van der Waals surface area contributed by atoms with Gasteiger partial charge in [-0.25, -0.2) is 8.42 Å². The molecule has 1 fully saturated rings. The van der Waals surface area contributed by atoms with Gasteiger partial charge in [-0.3, -0.25) is 4.79 Å². The lowest BCUT2D eigenvalue weighted by Gasteiger charge is -2.28. The van der Waals surface area contributed by atoms with Gasteiger partial charge in [0.1, 0.15) is 5.75 Å². The van der Waals surface area contributed by atoms with Gasteiger partial charge in [-0.2, -0.15) is 0 Å². The fourth-order valence-corrected chi connectivity index (χ4v) is 5.32. The predicted molar refractivity (Wildman–Crippen MR) is 120 cm³/mol. The number of nitrogens with zero attached hydrogens (tertiary/aromatic N) is 1. The summed E-state index contributed by atoms with van der Waals surface area (Å²) in [6.07, 6.45) is 1.44. The van der Waals surface area contributed by atoms with E-state index >= 15 is 0 Å². The highest BCUT2D eigenvalue weighted by Crippen LogP contribution is 2.24. The number of aryl methyl sites for hydroxylation is 1. The highest BCUT2D eigenvalue weighted by atomic mass is 32.2. The first-order chi connectivity index (χ1) is 14.3. The molecule has 0 saturated carbocycles. The summed E-state index contributed by atoms with van der Waals surface area (Å²) in [7, 11) is -3.10. The number of carbonyl (C=O) groups excluding carboxylic acids is 1. The standard InChI is InChI=1S/C24H31NO4S/c1-4-19-5-7-20(8-6-19)15-25(22-13-14-30(27,28)17-22)24(26)21-9-11-23(12-10-21)29-16-18(2)3/h5-12,18,22H,4,13-17H2,1-3H3. The number of amides is 1. The number of benzene rings is 2. The normalized spacial score (nSPS) is 17.8. The third kappa shape index (κ3) is 5.85. The van der Waals surface area contributed by atoms with Crippen molar-refractivity contribution in [3.63, 3.8) is 0 Å². The SMILES string of the molecule is CCc1ccc(CN(C(=O)c2ccc(OCC(C)C)cc2)C2CCS(=O)(=O)C2)cc1. The molecule has 0 bridgehead atoms. The molecule has 0 spiro atoms. The zero-order chi connectivity index (χ0) is 21.7. The average Bonchev–Trinajstić information content (AvgIpc) is 3.10. The van der Waals surface area contributed by atoms with Crippen LogP contribution >= 0.6 is 0 Å². The molecule has 2 aromatic carbocycles. The summed E-state index contributed by atoms with van der Waals surface area (Å²) in [6.45, 7) is 7.28. The number of ether oxygens (including phenoxy) is 1. The molecule has 3 rings (SSSR count). The van der Waals surface area contributed by atoms with Gasteiger partial charge in [-0.05, 0) is 54.2 Å². The Kier molecular flexibility index (Phi) is 7.19. The van der Waals surface area contributed by atoms with Crippen molar-refractivity contribution in [3.05, 3.63) is 65.2 Å². The van der Waals surface area contributed by atoms with Gasteiger partial charge < -0.3 is 9.64 Å². The maximum absolute atomic E-state index is 13.3. The zero-order valence-electron chi connectivity index (χ0n) is 18.0. The molecule has 30 heavy (non-hydrogen) atoms. The van der Waals surface area contributed by atoms with Crippen molar-refractivity contribution in [1.29, 1.82) is 0 Å². The molecular weight excluding hydrogens is 398 g/mol. The number of rotatable bonds is 8. The van der Waals surface area contributed by atoms with Crippen LogP contribution in [0.15, 0.2) is 48.5 Å².